The first-order valence-electron chi connectivity index (χ1n) is 3.48. The van der Waals surface area contributed by atoms with Crippen molar-refractivity contribution < 1.29 is 18.7 Å². The summed E-state index contributed by atoms with van der Waals surface area (Å²) in [5.74, 6) is -1.58. The molecule has 1 heterocycles. The molecular formula is C8H4F2N2O2. The van der Waals surface area contributed by atoms with Crippen LogP contribution in [0.3, 0.4) is 0 Å². The van der Waals surface area contributed by atoms with Gasteiger partial charge in [-0.3, -0.25) is 0 Å². The first kappa shape index (κ1) is 10.1. The van der Waals surface area contributed by atoms with Gasteiger partial charge in [0.1, 0.15) is 11.6 Å². The second kappa shape index (κ2) is 3.79. The standard InChI is InChI=1S/C8H4F2N2O2/c9-7(10)4-1-2-12-5(3-11)6(4)8(13)14/h1-2,7H,(H,13,14). The zero-order chi connectivity index (χ0) is 10.7. The highest BCUT2D eigenvalue weighted by Gasteiger charge is 2.22. The van der Waals surface area contributed by atoms with Crippen LogP contribution in [0, 0.1) is 11.3 Å². The molecule has 4 nitrogen and oxygen atoms in total. The number of aromatic nitrogens is 1. The summed E-state index contributed by atoms with van der Waals surface area (Å²) in [6.07, 6.45) is -1.96. The van der Waals surface area contributed by atoms with Crippen LogP contribution in [-0.2, 0) is 0 Å². The molecule has 0 bridgehead atoms. The molecule has 0 saturated heterocycles. The van der Waals surface area contributed by atoms with Crippen LogP contribution in [-0.4, -0.2) is 16.1 Å². The van der Waals surface area contributed by atoms with Crippen molar-refractivity contribution in [3.05, 3.63) is 29.1 Å². The number of halogens is 2. The average Bonchev–Trinajstić information content (AvgIpc) is 2.16. The fraction of sp³-hybridized carbons (Fsp3) is 0.125. The highest BCUT2D eigenvalue weighted by atomic mass is 19.3. The molecule has 0 radical (unpaired) electrons. The van der Waals surface area contributed by atoms with Crippen molar-refractivity contribution in [2.75, 3.05) is 0 Å². The number of alkyl halides is 2. The summed E-state index contributed by atoms with van der Waals surface area (Å²) in [7, 11) is 0. The second-order valence-electron chi connectivity index (χ2n) is 2.34. The smallest absolute Gasteiger partial charge is 0.339 e. The molecule has 1 rings (SSSR count). The van der Waals surface area contributed by atoms with Gasteiger partial charge < -0.3 is 5.11 Å². The highest BCUT2D eigenvalue weighted by Crippen LogP contribution is 2.23. The molecule has 0 unspecified atom stereocenters. The summed E-state index contributed by atoms with van der Waals surface area (Å²) in [5, 5.41) is 17.1. The number of nitriles is 1. The number of pyridine rings is 1. The van der Waals surface area contributed by atoms with E-state index in [2.05, 4.69) is 4.98 Å². The lowest BCUT2D eigenvalue weighted by atomic mass is 10.1. The number of carboxylic acids is 1. The molecule has 0 aromatic carbocycles. The van der Waals surface area contributed by atoms with Gasteiger partial charge in [0.05, 0.1) is 0 Å². The third-order valence-corrected chi connectivity index (χ3v) is 1.54. The van der Waals surface area contributed by atoms with E-state index in [9.17, 15) is 13.6 Å². The van der Waals surface area contributed by atoms with E-state index in [-0.39, 0.29) is 0 Å². The minimum absolute atomic E-state index is 0.504. The number of aromatic carboxylic acids is 1. The average molecular weight is 198 g/mol. The number of carbonyl (C=O) groups is 1. The maximum absolute atomic E-state index is 12.3. The van der Waals surface area contributed by atoms with E-state index in [1.807, 2.05) is 0 Å². The van der Waals surface area contributed by atoms with E-state index in [1.165, 1.54) is 6.07 Å². The summed E-state index contributed by atoms with van der Waals surface area (Å²) in [6.45, 7) is 0. The van der Waals surface area contributed by atoms with Gasteiger partial charge in [-0.1, -0.05) is 0 Å². The Morgan fingerprint density at radius 1 is 1.64 bits per heavy atom. The van der Waals surface area contributed by atoms with E-state index in [0.29, 0.717) is 0 Å². The van der Waals surface area contributed by atoms with Crippen LogP contribution in [0.5, 0.6) is 0 Å². The summed E-state index contributed by atoms with van der Waals surface area (Å²) in [6, 6.07) is 2.33. The monoisotopic (exact) mass is 198 g/mol. The van der Waals surface area contributed by atoms with Crippen LogP contribution >= 0.6 is 0 Å². The molecule has 1 aromatic rings. The van der Waals surface area contributed by atoms with Gasteiger partial charge in [0, 0.05) is 11.8 Å². The molecule has 0 fully saturated rings. The predicted molar refractivity (Wildman–Crippen MR) is 40.9 cm³/mol. The Balaban J connectivity index is 3.45. The first-order chi connectivity index (χ1) is 6.57. The highest BCUT2D eigenvalue weighted by molar-refractivity contribution is 5.91. The zero-order valence-electron chi connectivity index (χ0n) is 6.74. The van der Waals surface area contributed by atoms with Crippen molar-refractivity contribution in [1.82, 2.24) is 4.98 Å². The minimum Gasteiger partial charge on any atom is -0.478 e. The fourth-order valence-corrected chi connectivity index (χ4v) is 0.968. The summed E-state index contributed by atoms with van der Waals surface area (Å²) in [5.41, 5.74) is -1.93. The second-order valence-corrected chi connectivity index (χ2v) is 2.34. The van der Waals surface area contributed by atoms with E-state index in [0.717, 1.165) is 12.3 Å². The quantitative estimate of drug-likeness (QED) is 0.782. The van der Waals surface area contributed by atoms with Gasteiger partial charge in [-0.25, -0.2) is 18.6 Å². The minimum atomic E-state index is -2.93. The van der Waals surface area contributed by atoms with Crippen molar-refractivity contribution in [1.29, 1.82) is 5.26 Å². The lowest BCUT2D eigenvalue weighted by molar-refractivity contribution is 0.0683. The van der Waals surface area contributed by atoms with Gasteiger partial charge in [-0.05, 0) is 6.07 Å². The molecule has 0 aliphatic carbocycles. The largest absolute Gasteiger partial charge is 0.478 e. The van der Waals surface area contributed by atoms with E-state index < -0.39 is 29.2 Å². The summed E-state index contributed by atoms with van der Waals surface area (Å²) >= 11 is 0. The summed E-state index contributed by atoms with van der Waals surface area (Å²) < 4.78 is 24.6. The molecule has 0 spiro atoms. The Morgan fingerprint density at radius 2 is 2.29 bits per heavy atom. The SMILES string of the molecule is N#Cc1nccc(C(F)F)c1C(=O)O. The third-order valence-electron chi connectivity index (χ3n) is 1.54. The lowest BCUT2D eigenvalue weighted by Gasteiger charge is -2.04. The molecule has 6 heteroatoms. The van der Waals surface area contributed by atoms with Gasteiger partial charge >= 0.3 is 5.97 Å². The molecule has 1 aromatic heterocycles. The topological polar surface area (TPSA) is 74.0 Å². The van der Waals surface area contributed by atoms with Crippen LogP contribution in [0.15, 0.2) is 12.3 Å². The van der Waals surface area contributed by atoms with E-state index >= 15 is 0 Å². The van der Waals surface area contributed by atoms with E-state index in [1.54, 1.807) is 0 Å². The number of hydrogen-bond donors (Lipinski definition) is 1. The van der Waals surface area contributed by atoms with Gasteiger partial charge in [0.15, 0.2) is 5.69 Å². The van der Waals surface area contributed by atoms with Crippen molar-refractivity contribution in [2.24, 2.45) is 0 Å². The van der Waals surface area contributed by atoms with Crippen molar-refractivity contribution in [3.8, 4) is 6.07 Å². The maximum Gasteiger partial charge on any atom is 0.339 e. The number of hydrogen-bond acceptors (Lipinski definition) is 3. The van der Waals surface area contributed by atoms with E-state index in [4.69, 9.17) is 10.4 Å². The number of nitrogens with zero attached hydrogens (tertiary/aromatic N) is 2. The van der Waals surface area contributed by atoms with Gasteiger partial charge in [0.2, 0.25) is 0 Å². The van der Waals surface area contributed by atoms with Crippen molar-refractivity contribution >= 4 is 5.97 Å². The van der Waals surface area contributed by atoms with Crippen LogP contribution in [0.4, 0.5) is 8.78 Å². The Labute approximate surface area is 77.4 Å². The molecule has 0 aliphatic rings. The number of rotatable bonds is 2. The molecule has 0 atom stereocenters. The Bertz CT molecular complexity index is 412. The van der Waals surface area contributed by atoms with Crippen molar-refractivity contribution in [3.63, 3.8) is 0 Å². The van der Waals surface area contributed by atoms with Crippen LogP contribution < -0.4 is 0 Å². The normalized spacial score (nSPS) is 9.86. The first-order valence-corrected chi connectivity index (χ1v) is 3.48. The maximum atomic E-state index is 12.3. The van der Waals surface area contributed by atoms with Crippen LogP contribution in [0.25, 0.3) is 0 Å². The molecule has 0 aliphatic heterocycles. The zero-order valence-corrected chi connectivity index (χ0v) is 6.74. The third kappa shape index (κ3) is 1.66. The molecular weight excluding hydrogens is 194 g/mol. The van der Waals surface area contributed by atoms with Gasteiger partial charge in [-0.2, -0.15) is 5.26 Å². The van der Waals surface area contributed by atoms with Crippen molar-refractivity contribution in [2.45, 2.75) is 6.43 Å². The molecule has 0 amide bonds. The Hall–Kier alpha value is -2.03. The lowest BCUT2D eigenvalue weighted by Crippen LogP contribution is -2.07. The predicted octanol–water partition coefficient (Wildman–Crippen LogP) is 1.59. The van der Waals surface area contributed by atoms with Crippen LogP contribution in [0.2, 0.25) is 0 Å². The van der Waals surface area contributed by atoms with Gasteiger partial charge in [-0.15, -0.1) is 0 Å². The Morgan fingerprint density at radius 3 is 2.71 bits per heavy atom. The number of carboxylic acid groups (broad SMARTS) is 1. The molecule has 1 N–H and O–H groups in total. The summed E-state index contributed by atoms with van der Waals surface area (Å²) in [4.78, 5) is 14.0. The van der Waals surface area contributed by atoms with Crippen LogP contribution in [0.1, 0.15) is 28.0 Å². The fourth-order valence-electron chi connectivity index (χ4n) is 0.968. The molecule has 0 saturated carbocycles. The molecule has 14 heavy (non-hydrogen) atoms. The van der Waals surface area contributed by atoms with Gasteiger partial charge in [0.25, 0.3) is 6.43 Å². The Kier molecular flexibility index (Phi) is 2.72. The molecule has 72 valence electrons.